The zero-order valence-electron chi connectivity index (χ0n) is 20.3. The summed E-state index contributed by atoms with van der Waals surface area (Å²) in [6, 6.07) is 4.39. The molecule has 0 bridgehead atoms. The van der Waals surface area contributed by atoms with Crippen LogP contribution in [0, 0.1) is 46.3 Å². The zero-order valence-corrected chi connectivity index (χ0v) is 20.3. The normalized spacial score (nSPS) is 43.6. The molecule has 2 nitrogen and oxygen atoms in total. The molecule has 0 amide bonds. The predicted molar refractivity (Wildman–Crippen MR) is 128 cm³/mol. The molecule has 0 radical (unpaired) electrons. The Balaban J connectivity index is 0.000000535. The maximum atomic E-state index is 10.5. The quantitative estimate of drug-likeness (QED) is 0.496. The summed E-state index contributed by atoms with van der Waals surface area (Å²) in [7, 11) is 0. The van der Waals surface area contributed by atoms with Gasteiger partial charge in [0.25, 0.3) is 0 Å². The number of allylic oxidation sites excluding steroid dienone is 2. The molecule has 3 saturated carbocycles. The molecule has 8 atom stereocenters. The van der Waals surface area contributed by atoms with Crippen LogP contribution in [-0.2, 0) is 0 Å². The second-order valence-corrected chi connectivity index (χ2v) is 11.5. The monoisotopic (exact) mass is 426 g/mol. The SMILES string of the molecule is CC1CCC2(C)C(CCC3C4CC=C(c5cccnc5)C4(C)CCC32)C1C.CCNF. The third kappa shape index (κ3) is 3.79. The van der Waals surface area contributed by atoms with Crippen molar-refractivity contribution in [2.75, 3.05) is 6.54 Å². The summed E-state index contributed by atoms with van der Waals surface area (Å²) < 4.78 is 10.5. The second-order valence-electron chi connectivity index (χ2n) is 11.5. The number of halogens is 1. The van der Waals surface area contributed by atoms with E-state index in [-0.39, 0.29) is 0 Å². The van der Waals surface area contributed by atoms with E-state index in [2.05, 4.69) is 57.1 Å². The van der Waals surface area contributed by atoms with Crippen molar-refractivity contribution in [1.82, 2.24) is 10.5 Å². The molecule has 3 heteroatoms. The van der Waals surface area contributed by atoms with E-state index in [4.69, 9.17) is 0 Å². The van der Waals surface area contributed by atoms with E-state index < -0.39 is 0 Å². The molecule has 0 spiro atoms. The van der Waals surface area contributed by atoms with Gasteiger partial charge in [0.1, 0.15) is 0 Å². The molecule has 0 saturated heterocycles. The maximum Gasteiger partial charge on any atom is 0.0343 e. The summed E-state index contributed by atoms with van der Waals surface area (Å²) in [5.74, 6) is 5.59. The fourth-order valence-corrected chi connectivity index (χ4v) is 8.45. The highest BCUT2D eigenvalue weighted by molar-refractivity contribution is 5.72. The Morgan fingerprint density at radius 3 is 2.52 bits per heavy atom. The average molecular weight is 427 g/mol. The number of rotatable bonds is 2. The lowest BCUT2D eigenvalue weighted by atomic mass is 9.42. The molecule has 1 heterocycles. The zero-order chi connectivity index (χ0) is 22.2. The molecular formula is C28H43FN2. The molecule has 1 aromatic heterocycles. The van der Waals surface area contributed by atoms with Gasteiger partial charge >= 0.3 is 0 Å². The van der Waals surface area contributed by atoms with E-state index in [1.54, 1.807) is 12.5 Å². The number of fused-ring (bicyclic) bond motifs is 5. The Morgan fingerprint density at radius 2 is 1.84 bits per heavy atom. The first-order valence-corrected chi connectivity index (χ1v) is 12.8. The third-order valence-corrected chi connectivity index (χ3v) is 10.3. The first-order chi connectivity index (χ1) is 14.9. The van der Waals surface area contributed by atoms with Crippen molar-refractivity contribution >= 4 is 5.57 Å². The molecule has 3 fully saturated rings. The first-order valence-electron chi connectivity index (χ1n) is 12.8. The standard InChI is InChI=1S/C26H37N.C2H6FN/c1-17-11-13-25(3)21(18(17)2)8-7-20-23-10-9-22(19-6-5-15-27-16-19)26(23,4)14-12-24(20)25;1-2-4-3/h5-6,9,15-18,20-21,23-24H,7-8,10-14H2,1-4H3;4H,2H2,1H3. The van der Waals surface area contributed by atoms with Crippen LogP contribution in [0.3, 0.4) is 0 Å². The summed E-state index contributed by atoms with van der Waals surface area (Å²) in [6.07, 6.45) is 16.6. The molecule has 8 unspecified atom stereocenters. The van der Waals surface area contributed by atoms with Crippen molar-refractivity contribution in [2.45, 2.75) is 79.6 Å². The van der Waals surface area contributed by atoms with Crippen LogP contribution in [0.15, 0.2) is 30.6 Å². The first kappa shape index (κ1) is 23.0. The van der Waals surface area contributed by atoms with E-state index >= 15 is 0 Å². The van der Waals surface area contributed by atoms with Gasteiger partial charge in [-0.1, -0.05) is 46.8 Å². The number of hydrogen-bond acceptors (Lipinski definition) is 2. The summed E-state index contributed by atoms with van der Waals surface area (Å²) >= 11 is 0. The minimum absolute atomic E-state index is 0.376. The van der Waals surface area contributed by atoms with Crippen molar-refractivity contribution in [3.8, 4) is 0 Å². The smallest absolute Gasteiger partial charge is 0.0343 e. The summed E-state index contributed by atoms with van der Waals surface area (Å²) in [4.78, 5) is 4.42. The minimum atomic E-state index is 0.376. The van der Waals surface area contributed by atoms with Gasteiger partial charge in [-0.2, -0.15) is 5.54 Å². The molecule has 0 aromatic carbocycles. The van der Waals surface area contributed by atoms with Gasteiger partial charge in [0.15, 0.2) is 0 Å². The number of aromatic nitrogens is 1. The fraction of sp³-hybridized carbons (Fsp3) is 0.750. The topological polar surface area (TPSA) is 24.9 Å². The van der Waals surface area contributed by atoms with E-state index in [1.165, 1.54) is 56.0 Å². The average Bonchev–Trinajstić information content (AvgIpc) is 3.14. The van der Waals surface area contributed by atoms with Crippen LogP contribution < -0.4 is 5.54 Å². The highest BCUT2D eigenvalue weighted by Gasteiger charge is 2.59. The second kappa shape index (κ2) is 8.96. The van der Waals surface area contributed by atoms with Gasteiger partial charge in [0.05, 0.1) is 0 Å². The largest absolute Gasteiger partial charge is 0.264 e. The van der Waals surface area contributed by atoms with E-state index in [9.17, 15) is 4.48 Å². The molecule has 0 aliphatic heterocycles. The molecule has 4 aliphatic carbocycles. The lowest BCUT2D eigenvalue weighted by Crippen LogP contribution is -2.54. The van der Waals surface area contributed by atoms with E-state index in [0.29, 0.717) is 17.4 Å². The lowest BCUT2D eigenvalue weighted by molar-refractivity contribution is -0.122. The third-order valence-electron chi connectivity index (χ3n) is 10.3. The van der Waals surface area contributed by atoms with Crippen LogP contribution in [0.1, 0.15) is 85.1 Å². The van der Waals surface area contributed by atoms with Crippen molar-refractivity contribution in [3.05, 3.63) is 36.2 Å². The van der Waals surface area contributed by atoms with Gasteiger partial charge in [0, 0.05) is 18.9 Å². The maximum absolute atomic E-state index is 10.5. The molecule has 1 N–H and O–H groups in total. The Bertz CT molecular complexity index is 774. The van der Waals surface area contributed by atoms with Crippen molar-refractivity contribution in [1.29, 1.82) is 0 Å². The molecule has 172 valence electrons. The number of nitrogens with one attached hydrogen (secondary N) is 1. The van der Waals surface area contributed by atoms with Crippen molar-refractivity contribution in [3.63, 3.8) is 0 Å². The van der Waals surface area contributed by atoms with Crippen LogP contribution >= 0.6 is 0 Å². The van der Waals surface area contributed by atoms with Crippen LogP contribution in [0.5, 0.6) is 0 Å². The molecule has 4 aliphatic rings. The highest BCUT2D eigenvalue weighted by Crippen LogP contribution is 2.68. The molecule has 1 aromatic rings. The Labute approximate surface area is 189 Å². The Hall–Kier alpha value is -1.22. The summed E-state index contributed by atoms with van der Waals surface area (Å²) in [5.41, 5.74) is 5.40. The minimum Gasteiger partial charge on any atom is -0.264 e. The number of hydrogen-bond donors (Lipinski definition) is 1. The van der Waals surface area contributed by atoms with Gasteiger partial charge in [-0.15, -0.1) is 4.48 Å². The van der Waals surface area contributed by atoms with Crippen LogP contribution in [0.25, 0.3) is 5.57 Å². The lowest BCUT2D eigenvalue weighted by Gasteiger charge is -2.62. The van der Waals surface area contributed by atoms with Gasteiger partial charge in [-0.3, -0.25) is 4.98 Å². The molecular weight excluding hydrogens is 383 g/mol. The van der Waals surface area contributed by atoms with E-state index in [1.807, 2.05) is 6.20 Å². The summed E-state index contributed by atoms with van der Waals surface area (Å²) in [5, 5.41) is 0. The van der Waals surface area contributed by atoms with Crippen molar-refractivity contribution in [2.24, 2.45) is 46.3 Å². The van der Waals surface area contributed by atoms with Crippen LogP contribution in [0.4, 0.5) is 4.48 Å². The summed E-state index contributed by atoms with van der Waals surface area (Å²) in [6.45, 7) is 12.5. The predicted octanol–water partition coefficient (Wildman–Crippen LogP) is 7.48. The number of pyridine rings is 1. The fourth-order valence-electron chi connectivity index (χ4n) is 8.45. The van der Waals surface area contributed by atoms with Gasteiger partial charge in [-0.05, 0) is 108 Å². The highest BCUT2D eigenvalue weighted by atomic mass is 19.2. The van der Waals surface area contributed by atoms with Crippen LogP contribution in [-0.4, -0.2) is 11.5 Å². The van der Waals surface area contributed by atoms with Crippen LogP contribution in [0.2, 0.25) is 0 Å². The molecule has 31 heavy (non-hydrogen) atoms. The van der Waals surface area contributed by atoms with Gasteiger partial charge in [-0.25, -0.2) is 0 Å². The van der Waals surface area contributed by atoms with Gasteiger partial charge < -0.3 is 0 Å². The molecule has 5 rings (SSSR count). The van der Waals surface area contributed by atoms with Gasteiger partial charge in [0.2, 0.25) is 0 Å². The van der Waals surface area contributed by atoms with E-state index in [0.717, 1.165) is 35.5 Å². The Kier molecular flexibility index (Phi) is 6.64. The number of nitrogens with zero attached hydrogens (tertiary/aromatic N) is 1. The van der Waals surface area contributed by atoms with Crippen molar-refractivity contribution < 1.29 is 4.48 Å². The Morgan fingerprint density at radius 1 is 1.06 bits per heavy atom.